The summed E-state index contributed by atoms with van der Waals surface area (Å²) in [5, 5.41) is 19.0. The molecule has 4 unspecified atom stereocenters. The van der Waals surface area contributed by atoms with Crippen LogP contribution in [0.5, 0.6) is 0 Å². The second kappa shape index (κ2) is 27.9. The van der Waals surface area contributed by atoms with Crippen LogP contribution in [0.25, 0.3) is 0 Å². The Morgan fingerprint density at radius 1 is 0.842 bits per heavy atom. The SMILES string of the molecule is C=CCCOC1CCC(OCC2CCC(C3CCC(C=C)CC3)CC2)C(F)C1F.O.OO.[C-]#CO.[HH].[HH].[V].[V].[Y]. The first kappa shape index (κ1) is 45.8. The van der Waals surface area contributed by atoms with Gasteiger partial charge >= 0.3 is 0 Å². The van der Waals surface area contributed by atoms with E-state index in [0.29, 0.717) is 38.4 Å². The summed E-state index contributed by atoms with van der Waals surface area (Å²) in [6, 6.07) is 0. The van der Waals surface area contributed by atoms with E-state index in [4.69, 9.17) is 31.5 Å². The van der Waals surface area contributed by atoms with Crippen molar-refractivity contribution >= 4 is 0 Å². The Hall–Kier alpha value is 0.773. The van der Waals surface area contributed by atoms with Crippen molar-refractivity contribution in [3.8, 4) is 6.11 Å². The molecule has 221 valence electrons. The summed E-state index contributed by atoms with van der Waals surface area (Å²) in [6.45, 7) is 8.56. The maximum atomic E-state index is 14.5. The van der Waals surface area contributed by atoms with Crippen molar-refractivity contribution in [1.29, 1.82) is 0 Å². The van der Waals surface area contributed by atoms with Crippen molar-refractivity contribution in [2.75, 3.05) is 13.2 Å². The number of aliphatic hydroxyl groups is 1. The predicted molar refractivity (Wildman–Crippen MR) is 137 cm³/mol. The molecular formula is C27H49F2O6V2Y-. The van der Waals surface area contributed by atoms with Gasteiger partial charge in [-0.15, -0.1) is 13.2 Å². The van der Waals surface area contributed by atoms with Crippen LogP contribution in [0.1, 0.15) is 73.5 Å². The van der Waals surface area contributed by atoms with Crippen LogP contribution in [0.2, 0.25) is 0 Å². The zero-order valence-corrected chi connectivity index (χ0v) is 27.9. The standard InChI is InChI=1S/C25H40F2O2.C2HO.H2O2.H2O.2V.Y.2H2/c1-3-5-16-28-22-14-15-23(25(27)24(22)26)29-17-19-8-12-21(13-9-19)20-10-6-18(4-2)7-11-20;1-2-3;1-2;;;;;;/h3-4,18-25H,1-2,5-17H2;3H;1-2H;1H2;;;;2*1H/q;-1;;;;;;;. The van der Waals surface area contributed by atoms with Gasteiger partial charge in [0.05, 0.1) is 18.8 Å². The average molecular weight is 698 g/mol. The fourth-order valence-corrected chi connectivity index (χ4v) is 5.65. The fourth-order valence-electron chi connectivity index (χ4n) is 5.65. The van der Waals surface area contributed by atoms with E-state index in [1.54, 1.807) is 6.08 Å². The minimum absolute atomic E-state index is 0. The monoisotopic (exact) mass is 698 g/mol. The Kier molecular flexibility index (Phi) is 33.6. The summed E-state index contributed by atoms with van der Waals surface area (Å²) in [4.78, 5) is 0. The molecule has 0 heterocycles. The molecule has 11 heteroatoms. The van der Waals surface area contributed by atoms with Gasteiger partial charge in [-0.2, -0.15) is 6.11 Å². The third-order valence-electron chi connectivity index (χ3n) is 7.66. The van der Waals surface area contributed by atoms with Crippen molar-refractivity contribution in [1.82, 2.24) is 0 Å². The summed E-state index contributed by atoms with van der Waals surface area (Å²) in [6.07, 6.45) is 17.9. The number of allylic oxidation sites excluding steroid dienone is 1. The number of aliphatic hydroxyl groups excluding tert-OH is 1. The first-order valence-electron chi connectivity index (χ1n) is 12.5. The summed E-state index contributed by atoms with van der Waals surface area (Å²) >= 11 is 0. The molecule has 0 spiro atoms. The van der Waals surface area contributed by atoms with E-state index in [0.717, 1.165) is 23.9 Å². The Balaban J connectivity index is -0.000000246. The van der Waals surface area contributed by atoms with Gasteiger partial charge in [0.1, 0.15) is 0 Å². The van der Waals surface area contributed by atoms with Gasteiger partial charge < -0.3 is 26.5 Å². The van der Waals surface area contributed by atoms with E-state index in [1.165, 1.54) is 51.4 Å². The third kappa shape index (κ3) is 16.3. The van der Waals surface area contributed by atoms with Gasteiger partial charge in [-0.05, 0) is 94.3 Å². The van der Waals surface area contributed by atoms with Crippen LogP contribution >= 0.6 is 0 Å². The Morgan fingerprint density at radius 2 is 1.26 bits per heavy atom. The van der Waals surface area contributed by atoms with Gasteiger partial charge in [0.2, 0.25) is 0 Å². The van der Waals surface area contributed by atoms with E-state index in [2.05, 4.69) is 19.2 Å². The Morgan fingerprint density at radius 3 is 1.68 bits per heavy atom. The van der Waals surface area contributed by atoms with Crippen LogP contribution in [0.3, 0.4) is 0 Å². The molecule has 3 radical (unpaired) electrons. The summed E-state index contributed by atoms with van der Waals surface area (Å²) in [5.41, 5.74) is 0. The Bertz CT molecular complexity index is 612. The minimum Gasteiger partial charge on any atom is -0.648 e. The molecule has 3 fully saturated rings. The maximum absolute atomic E-state index is 14.5. The maximum Gasteiger partial charge on any atom is 0.160 e. The largest absolute Gasteiger partial charge is 0.648 e. The fraction of sp³-hybridized carbons (Fsp3) is 0.778. The van der Waals surface area contributed by atoms with Crippen molar-refractivity contribution < 1.29 is 112 Å². The second-order valence-electron chi connectivity index (χ2n) is 9.63. The molecule has 3 saturated carbocycles. The molecule has 3 aliphatic carbocycles. The van der Waals surface area contributed by atoms with Gasteiger partial charge in [-0.25, -0.2) is 8.78 Å². The normalized spacial score (nSPS) is 31.7. The number of alkyl halides is 2. The molecule has 0 aromatic rings. The number of halogens is 2. The van der Waals surface area contributed by atoms with Crippen molar-refractivity contribution in [3.63, 3.8) is 0 Å². The summed E-state index contributed by atoms with van der Waals surface area (Å²) in [7, 11) is 0. The van der Waals surface area contributed by atoms with E-state index >= 15 is 0 Å². The van der Waals surface area contributed by atoms with Crippen LogP contribution in [-0.4, -0.2) is 58.9 Å². The predicted octanol–water partition coefficient (Wildman–Crippen LogP) is 6.19. The molecule has 5 N–H and O–H groups in total. The van der Waals surface area contributed by atoms with Crippen LogP contribution < -0.4 is 0 Å². The third-order valence-corrected chi connectivity index (χ3v) is 7.66. The molecule has 38 heavy (non-hydrogen) atoms. The average Bonchev–Trinajstić information content (AvgIpc) is 2.88. The van der Waals surface area contributed by atoms with Gasteiger partial charge in [-0.1, -0.05) is 12.2 Å². The molecule has 0 amide bonds. The van der Waals surface area contributed by atoms with E-state index in [9.17, 15) is 8.78 Å². The van der Waals surface area contributed by atoms with Crippen LogP contribution in [0.15, 0.2) is 25.3 Å². The minimum atomic E-state index is -1.58. The summed E-state index contributed by atoms with van der Waals surface area (Å²) in [5.74, 6) is 2.96. The number of ether oxygens (including phenoxy) is 2. The van der Waals surface area contributed by atoms with E-state index in [-0.39, 0.29) is 78.2 Å². The van der Waals surface area contributed by atoms with Crippen molar-refractivity contribution in [2.45, 2.75) is 95.2 Å². The van der Waals surface area contributed by atoms with Crippen LogP contribution in [0, 0.1) is 36.2 Å². The van der Waals surface area contributed by atoms with E-state index in [1.807, 2.05) is 0 Å². The molecule has 4 atom stereocenters. The quantitative estimate of drug-likeness (QED) is 0.0665. The zero-order chi connectivity index (χ0) is 25.3. The molecule has 3 rings (SSSR count). The molecule has 0 saturated heterocycles. The van der Waals surface area contributed by atoms with Gasteiger partial charge in [0, 0.05) is 79.3 Å². The number of rotatable bonds is 9. The summed E-state index contributed by atoms with van der Waals surface area (Å²) < 4.78 is 40.3. The molecule has 0 aliphatic heterocycles. The zero-order valence-electron chi connectivity index (χ0n) is 22.3. The van der Waals surface area contributed by atoms with Crippen molar-refractivity contribution in [3.05, 3.63) is 31.7 Å². The van der Waals surface area contributed by atoms with Gasteiger partial charge in [0.15, 0.2) is 12.3 Å². The number of hydrogen-bond acceptors (Lipinski definition) is 5. The Labute approximate surface area is 280 Å². The molecular weight excluding hydrogens is 649 g/mol. The van der Waals surface area contributed by atoms with E-state index < -0.39 is 24.6 Å². The van der Waals surface area contributed by atoms with Crippen LogP contribution in [0.4, 0.5) is 8.78 Å². The molecule has 0 bridgehead atoms. The number of hydrogen-bond donors (Lipinski definition) is 3. The first-order valence-corrected chi connectivity index (χ1v) is 12.5. The molecule has 0 aromatic carbocycles. The van der Waals surface area contributed by atoms with Crippen molar-refractivity contribution in [2.24, 2.45) is 23.7 Å². The molecule has 0 aromatic heterocycles. The smallest absolute Gasteiger partial charge is 0.160 e. The van der Waals surface area contributed by atoms with Gasteiger partial charge in [-0.3, -0.25) is 10.5 Å². The molecule has 3 aliphatic rings. The first-order chi connectivity index (χ1) is 16.5. The topological polar surface area (TPSA) is 111 Å². The second-order valence-corrected chi connectivity index (χ2v) is 9.63. The van der Waals surface area contributed by atoms with Gasteiger partial charge in [0.25, 0.3) is 0 Å². The van der Waals surface area contributed by atoms with Crippen LogP contribution in [-0.2, 0) is 79.3 Å². The molecule has 6 nitrogen and oxygen atoms in total.